The van der Waals surface area contributed by atoms with Crippen molar-refractivity contribution in [1.29, 1.82) is 0 Å². The van der Waals surface area contributed by atoms with Crippen LogP contribution in [0, 0.1) is 5.92 Å². The number of rotatable bonds is 5. The fourth-order valence-electron chi connectivity index (χ4n) is 4.25. The zero-order valence-electron chi connectivity index (χ0n) is 16.9. The second kappa shape index (κ2) is 8.67. The minimum absolute atomic E-state index is 0.112. The summed E-state index contributed by atoms with van der Waals surface area (Å²) in [4.78, 5) is 39.7. The Kier molecular flexibility index (Phi) is 5.81. The Morgan fingerprint density at radius 2 is 1.60 bits per heavy atom. The van der Waals surface area contributed by atoms with Crippen molar-refractivity contribution in [2.24, 2.45) is 5.92 Å². The maximum Gasteiger partial charge on any atom is 0.309 e. The van der Waals surface area contributed by atoms with Crippen molar-refractivity contribution < 1.29 is 28.8 Å². The number of likely N-dealkylation sites (tertiary alicyclic amines) is 1. The van der Waals surface area contributed by atoms with Crippen LogP contribution in [0.4, 0.5) is 5.69 Å². The van der Waals surface area contributed by atoms with E-state index >= 15 is 0 Å². The standard InChI is InChI=1S/C23H24N2O5/c1-29-23(28)16-11-13-24(14-12-16)20-15-21(26)25(22(20)27)17-7-9-19(10-8-17)30-18-5-3-2-4-6-18/h2-10,16,20H,11-15H2,1H3/p+1/t20-/m0/s1. The summed E-state index contributed by atoms with van der Waals surface area (Å²) in [6.07, 6.45) is 1.54. The average Bonchev–Trinajstić information content (AvgIpc) is 3.08. The van der Waals surface area contributed by atoms with Gasteiger partial charge in [0, 0.05) is 12.8 Å². The summed E-state index contributed by atoms with van der Waals surface area (Å²) in [6, 6.07) is 16.0. The smallest absolute Gasteiger partial charge is 0.309 e. The minimum Gasteiger partial charge on any atom is -0.469 e. The van der Waals surface area contributed by atoms with Crippen molar-refractivity contribution in [2.45, 2.75) is 25.3 Å². The van der Waals surface area contributed by atoms with Gasteiger partial charge in [0.2, 0.25) is 5.91 Å². The molecule has 2 saturated heterocycles. The van der Waals surface area contributed by atoms with Gasteiger partial charge in [0.1, 0.15) is 11.5 Å². The van der Waals surface area contributed by atoms with Crippen molar-refractivity contribution in [3.05, 3.63) is 54.6 Å². The maximum atomic E-state index is 13.0. The number of piperidine rings is 1. The molecule has 0 saturated carbocycles. The number of nitrogens with one attached hydrogen (secondary N) is 1. The summed E-state index contributed by atoms with van der Waals surface area (Å²) >= 11 is 0. The molecule has 30 heavy (non-hydrogen) atoms. The first-order valence-electron chi connectivity index (χ1n) is 10.2. The van der Waals surface area contributed by atoms with Gasteiger partial charge in [-0.3, -0.25) is 14.4 Å². The quantitative estimate of drug-likeness (QED) is 0.599. The number of esters is 1. The number of methoxy groups -OCH3 is 1. The van der Waals surface area contributed by atoms with Gasteiger partial charge in [-0.05, 0) is 36.4 Å². The SMILES string of the molecule is COC(=O)C1CC[NH+]([C@H]2CC(=O)N(c3ccc(Oc4ccccc4)cc3)C2=O)CC1. The van der Waals surface area contributed by atoms with E-state index in [1.807, 2.05) is 30.3 Å². The van der Waals surface area contributed by atoms with Crippen molar-refractivity contribution in [2.75, 3.05) is 25.1 Å². The molecule has 0 spiro atoms. The van der Waals surface area contributed by atoms with Gasteiger partial charge in [0.25, 0.3) is 5.91 Å². The molecule has 0 aromatic heterocycles. The Bertz CT molecular complexity index is 920. The zero-order valence-corrected chi connectivity index (χ0v) is 16.9. The second-order valence-corrected chi connectivity index (χ2v) is 7.69. The first-order chi connectivity index (χ1) is 14.6. The predicted octanol–water partition coefficient (Wildman–Crippen LogP) is 1.58. The third-order valence-corrected chi connectivity index (χ3v) is 5.88. The molecule has 2 aromatic carbocycles. The predicted molar refractivity (Wildman–Crippen MR) is 109 cm³/mol. The van der Waals surface area contributed by atoms with Crippen LogP contribution in [0.5, 0.6) is 11.5 Å². The van der Waals surface area contributed by atoms with Crippen molar-refractivity contribution >= 4 is 23.5 Å². The number of imide groups is 1. The number of hydrogen-bond acceptors (Lipinski definition) is 5. The molecule has 7 heteroatoms. The lowest BCUT2D eigenvalue weighted by molar-refractivity contribution is -0.920. The number of quaternary nitrogens is 1. The van der Waals surface area contributed by atoms with Gasteiger partial charge in [0.05, 0.1) is 38.2 Å². The van der Waals surface area contributed by atoms with Crippen LogP contribution in [-0.4, -0.2) is 44.0 Å². The molecule has 2 aliphatic rings. The molecule has 0 aliphatic carbocycles. The van der Waals surface area contributed by atoms with E-state index in [1.54, 1.807) is 24.3 Å². The molecule has 2 aliphatic heterocycles. The van der Waals surface area contributed by atoms with Gasteiger partial charge >= 0.3 is 5.97 Å². The molecule has 1 atom stereocenters. The Balaban J connectivity index is 1.41. The lowest BCUT2D eigenvalue weighted by Crippen LogP contribution is -3.17. The summed E-state index contributed by atoms with van der Waals surface area (Å²) in [5, 5.41) is 0. The average molecular weight is 409 g/mol. The van der Waals surface area contributed by atoms with Gasteiger partial charge in [-0.2, -0.15) is 0 Å². The number of nitrogens with zero attached hydrogens (tertiary/aromatic N) is 1. The monoisotopic (exact) mass is 409 g/mol. The topological polar surface area (TPSA) is 77.3 Å². The van der Waals surface area contributed by atoms with E-state index in [2.05, 4.69) is 0 Å². The van der Waals surface area contributed by atoms with Crippen LogP contribution in [-0.2, 0) is 19.1 Å². The van der Waals surface area contributed by atoms with E-state index in [4.69, 9.17) is 9.47 Å². The summed E-state index contributed by atoms with van der Waals surface area (Å²) in [6.45, 7) is 1.36. The first kappa shape index (κ1) is 20.1. The minimum atomic E-state index is -0.392. The van der Waals surface area contributed by atoms with E-state index in [0.29, 0.717) is 37.4 Å². The lowest BCUT2D eigenvalue weighted by Gasteiger charge is -2.30. The third-order valence-electron chi connectivity index (χ3n) is 5.88. The number of carbonyl (C=O) groups excluding carboxylic acids is 3. The lowest BCUT2D eigenvalue weighted by atomic mass is 9.95. The zero-order chi connectivity index (χ0) is 21.1. The summed E-state index contributed by atoms with van der Waals surface area (Å²) in [5.41, 5.74) is 0.553. The van der Waals surface area contributed by atoms with Crippen molar-refractivity contribution in [3.63, 3.8) is 0 Å². The van der Waals surface area contributed by atoms with Gasteiger partial charge in [0.15, 0.2) is 6.04 Å². The van der Waals surface area contributed by atoms with E-state index in [1.165, 1.54) is 12.0 Å². The number of para-hydroxylation sites is 1. The van der Waals surface area contributed by atoms with Crippen LogP contribution in [0.1, 0.15) is 19.3 Å². The van der Waals surface area contributed by atoms with E-state index < -0.39 is 6.04 Å². The number of anilines is 1. The van der Waals surface area contributed by atoms with Crippen LogP contribution >= 0.6 is 0 Å². The second-order valence-electron chi connectivity index (χ2n) is 7.69. The van der Waals surface area contributed by atoms with Gasteiger partial charge < -0.3 is 14.4 Å². The molecule has 2 aromatic rings. The number of amides is 2. The van der Waals surface area contributed by atoms with Crippen LogP contribution in [0.25, 0.3) is 0 Å². The van der Waals surface area contributed by atoms with Crippen molar-refractivity contribution in [1.82, 2.24) is 0 Å². The Labute approximate surface area is 175 Å². The van der Waals surface area contributed by atoms with Gasteiger partial charge in [-0.1, -0.05) is 18.2 Å². The number of ether oxygens (including phenoxy) is 2. The molecule has 0 unspecified atom stereocenters. The van der Waals surface area contributed by atoms with Gasteiger partial charge in [-0.25, -0.2) is 4.90 Å². The molecule has 1 N–H and O–H groups in total. The fourth-order valence-corrected chi connectivity index (χ4v) is 4.25. The van der Waals surface area contributed by atoms with Crippen LogP contribution < -0.4 is 14.5 Å². The highest BCUT2D eigenvalue weighted by Crippen LogP contribution is 2.27. The fraction of sp³-hybridized carbons (Fsp3) is 0.348. The van der Waals surface area contributed by atoms with Crippen LogP contribution in [0.3, 0.4) is 0 Å². The van der Waals surface area contributed by atoms with Crippen molar-refractivity contribution in [3.8, 4) is 11.5 Å². The Morgan fingerprint density at radius 3 is 2.23 bits per heavy atom. The van der Waals surface area contributed by atoms with Crippen LogP contribution in [0.15, 0.2) is 54.6 Å². The first-order valence-corrected chi connectivity index (χ1v) is 10.2. The number of benzene rings is 2. The third kappa shape index (κ3) is 4.07. The maximum absolute atomic E-state index is 13.0. The molecule has 4 rings (SSSR count). The van der Waals surface area contributed by atoms with E-state index in [0.717, 1.165) is 10.6 Å². The molecule has 2 heterocycles. The number of hydrogen-bond donors (Lipinski definition) is 1. The highest BCUT2D eigenvalue weighted by molar-refractivity contribution is 6.21. The molecule has 0 radical (unpaired) electrons. The summed E-state index contributed by atoms with van der Waals surface area (Å²) in [7, 11) is 1.40. The normalized spacial score (nSPS) is 24.0. The highest BCUT2D eigenvalue weighted by Gasteiger charge is 2.47. The number of carbonyl (C=O) groups is 3. The molecule has 2 fully saturated rings. The Morgan fingerprint density at radius 1 is 0.967 bits per heavy atom. The van der Waals surface area contributed by atoms with Gasteiger partial charge in [-0.15, -0.1) is 0 Å². The molecule has 0 bridgehead atoms. The van der Waals surface area contributed by atoms with Crippen LogP contribution in [0.2, 0.25) is 0 Å². The molecule has 2 amide bonds. The van der Waals surface area contributed by atoms with E-state index in [9.17, 15) is 14.4 Å². The largest absolute Gasteiger partial charge is 0.469 e. The molecular formula is C23H25N2O5+. The molecule has 7 nitrogen and oxygen atoms in total. The Hall–Kier alpha value is -3.19. The highest BCUT2D eigenvalue weighted by atomic mass is 16.5. The molecular weight excluding hydrogens is 384 g/mol. The van der Waals surface area contributed by atoms with E-state index in [-0.39, 0.29) is 30.1 Å². The molecule has 156 valence electrons. The summed E-state index contributed by atoms with van der Waals surface area (Å²) < 4.78 is 10.6. The summed E-state index contributed by atoms with van der Waals surface area (Å²) in [5.74, 6) is 0.683.